The van der Waals surface area contributed by atoms with E-state index in [-0.39, 0.29) is 5.69 Å². The summed E-state index contributed by atoms with van der Waals surface area (Å²) in [5.74, 6) is -0.930. The molecule has 1 aromatic rings. The van der Waals surface area contributed by atoms with Crippen LogP contribution in [0.2, 0.25) is 0 Å². The van der Waals surface area contributed by atoms with Crippen LogP contribution in [0.15, 0.2) is 24.9 Å². The molecular weight excluding hydrogens is 142 g/mol. The van der Waals surface area contributed by atoms with Gasteiger partial charge in [-0.05, 0) is 18.1 Å². The number of allylic oxidation sites excluding steroid dienone is 1. The highest BCUT2D eigenvalue weighted by atomic mass is 16.4. The topological polar surface area (TPSA) is 53.1 Å². The van der Waals surface area contributed by atoms with Gasteiger partial charge in [-0.1, -0.05) is 6.08 Å². The monoisotopic (exact) mass is 151 g/mol. The van der Waals surface area contributed by atoms with Crippen molar-refractivity contribution in [1.29, 1.82) is 0 Å². The smallest absolute Gasteiger partial charge is 0.352 e. The normalized spacial score (nSPS) is 9.45. The number of aromatic amines is 1. The lowest BCUT2D eigenvalue weighted by atomic mass is 10.2. The van der Waals surface area contributed by atoms with E-state index >= 15 is 0 Å². The van der Waals surface area contributed by atoms with Crippen LogP contribution in [-0.4, -0.2) is 16.1 Å². The van der Waals surface area contributed by atoms with E-state index in [4.69, 9.17) is 5.11 Å². The quantitative estimate of drug-likeness (QED) is 0.642. The molecule has 0 aliphatic rings. The van der Waals surface area contributed by atoms with E-state index in [1.54, 1.807) is 18.3 Å². The number of hydrogen-bond donors (Lipinski definition) is 2. The average molecular weight is 151 g/mol. The van der Waals surface area contributed by atoms with Crippen LogP contribution in [0.25, 0.3) is 0 Å². The number of carboxylic acids is 1. The second kappa shape index (κ2) is 3.05. The maximum Gasteiger partial charge on any atom is 0.352 e. The summed E-state index contributed by atoms with van der Waals surface area (Å²) in [6.07, 6.45) is 4.10. The fraction of sp³-hybridized carbons (Fsp3) is 0.125. The molecule has 0 saturated carbocycles. The number of carbonyl (C=O) groups is 1. The minimum absolute atomic E-state index is 0.224. The Labute approximate surface area is 64.4 Å². The third-order valence-electron chi connectivity index (χ3n) is 1.35. The molecule has 0 spiro atoms. The van der Waals surface area contributed by atoms with Gasteiger partial charge in [0, 0.05) is 6.20 Å². The van der Waals surface area contributed by atoms with Gasteiger partial charge in [-0.2, -0.15) is 0 Å². The summed E-state index contributed by atoms with van der Waals surface area (Å²) in [6, 6.07) is 1.60. The molecule has 1 aromatic heterocycles. The van der Waals surface area contributed by atoms with E-state index in [0.29, 0.717) is 6.42 Å². The van der Waals surface area contributed by atoms with E-state index in [9.17, 15) is 4.79 Å². The molecule has 0 unspecified atom stereocenters. The van der Waals surface area contributed by atoms with Crippen LogP contribution in [0.5, 0.6) is 0 Å². The van der Waals surface area contributed by atoms with Crippen molar-refractivity contribution in [3.05, 3.63) is 36.2 Å². The van der Waals surface area contributed by atoms with Crippen LogP contribution >= 0.6 is 0 Å². The maximum absolute atomic E-state index is 10.4. The van der Waals surface area contributed by atoms with Crippen molar-refractivity contribution in [1.82, 2.24) is 4.98 Å². The van der Waals surface area contributed by atoms with Gasteiger partial charge in [0.15, 0.2) is 0 Å². The molecule has 0 saturated heterocycles. The maximum atomic E-state index is 10.4. The minimum atomic E-state index is -0.930. The summed E-state index contributed by atoms with van der Waals surface area (Å²) < 4.78 is 0. The standard InChI is InChI=1S/C8H9NO2/c1-2-3-6-4-7(8(10)11)9-5-6/h2,4-5,9H,1,3H2,(H,10,11). The van der Waals surface area contributed by atoms with Crippen LogP contribution in [0.3, 0.4) is 0 Å². The SMILES string of the molecule is C=CCc1c[nH]c(C(=O)O)c1. The third-order valence-corrected chi connectivity index (χ3v) is 1.35. The van der Waals surface area contributed by atoms with Gasteiger partial charge >= 0.3 is 5.97 Å². The predicted octanol–water partition coefficient (Wildman–Crippen LogP) is 1.44. The van der Waals surface area contributed by atoms with E-state index in [1.807, 2.05) is 0 Å². The summed E-state index contributed by atoms with van der Waals surface area (Å²) in [6.45, 7) is 3.55. The average Bonchev–Trinajstić information content (AvgIpc) is 2.37. The number of hydrogen-bond acceptors (Lipinski definition) is 1. The Hall–Kier alpha value is -1.51. The van der Waals surface area contributed by atoms with Crippen LogP contribution in [0, 0.1) is 0 Å². The summed E-state index contributed by atoms with van der Waals surface area (Å²) >= 11 is 0. The first-order valence-corrected chi connectivity index (χ1v) is 3.25. The van der Waals surface area contributed by atoms with Crippen molar-refractivity contribution >= 4 is 5.97 Å². The van der Waals surface area contributed by atoms with Crippen LogP contribution < -0.4 is 0 Å². The fourth-order valence-corrected chi connectivity index (χ4v) is 0.847. The molecule has 1 rings (SSSR count). The van der Waals surface area contributed by atoms with Gasteiger partial charge in [-0.25, -0.2) is 4.79 Å². The Bertz CT molecular complexity index is 275. The van der Waals surface area contributed by atoms with E-state index in [0.717, 1.165) is 5.56 Å². The van der Waals surface area contributed by atoms with E-state index in [1.165, 1.54) is 0 Å². The molecule has 11 heavy (non-hydrogen) atoms. The van der Waals surface area contributed by atoms with Gasteiger partial charge in [-0.3, -0.25) is 0 Å². The van der Waals surface area contributed by atoms with Crippen molar-refractivity contribution in [2.75, 3.05) is 0 Å². The number of rotatable bonds is 3. The molecule has 1 heterocycles. The molecule has 0 radical (unpaired) electrons. The van der Waals surface area contributed by atoms with Crippen molar-refractivity contribution in [2.45, 2.75) is 6.42 Å². The van der Waals surface area contributed by atoms with Crippen LogP contribution in [0.1, 0.15) is 16.1 Å². The first kappa shape index (κ1) is 7.60. The summed E-state index contributed by atoms with van der Waals surface area (Å²) in [5, 5.41) is 8.51. The molecule has 3 nitrogen and oxygen atoms in total. The van der Waals surface area contributed by atoms with Gasteiger partial charge in [0.2, 0.25) is 0 Å². The zero-order valence-corrected chi connectivity index (χ0v) is 6.00. The molecule has 0 aliphatic heterocycles. The Morgan fingerprint density at radius 3 is 3.00 bits per heavy atom. The lowest BCUT2D eigenvalue weighted by Crippen LogP contribution is -1.94. The third kappa shape index (κ3) is 1.70. The van der Waals surface area contributed by atoms with Crippen molar-refractivity contribution in [3.8, 4) is 0 Å². The van der Waals surface area contributed by atoms with Crippen molar-refractivity contribution in [3.63, 3.8) is 0 Å². The molecular formula is C8H9NO2. The lowest BCUT2D eigenvalue weighted by Gasteiger charge is -1.84. The van der Waals surface area contributed by atoms with Gasteiger partial charge in [0.1, 0.15) is 5.69 Å². The summed E-state index contributed by atoms with van der Waals surface area (Å²) in [5.41, 5.74) is 1.17. The van der Waals surface area contributed by atoms with E-state index in [2.05, 4.69) is 11.6 Å². The molecule has 3 heteroatoms. The number of aromatic nitrogens is 1. The highest BCUT2D eigenvalue weighted by Crippen LogP contribution is 2.03. The number of H-pyrrole nitrogens is 1. The second-order valence-corrected chi connectivity index (χ2v) is 2.22. The number of aromatic carboxylic acids is 1. The number of carboxylic acid groups (broad SMARTS) is 1. The summed E-state index contributed by atoms with van der Waals surface area (Å²) in [4.78, 5) is 13.0. The van der Waals surface area contributed by atoms with Gasteiger partial charge in [0.05, 0.1) is 0 Å². The highest BCUT2D eigenvalue weighted by Gasteiger charge is 2.03. The largest absolute Gasteiger partial charge is 0.477 e. The molecule has 0 bridgehead atoms. The Morgan fingerprint density at radius 1 is 1.82 bits per heavy atom. The molecule has 2 N–H and O–H groups in total. The molecule has 0 aliphatic carbocycles. The Kier molecular flexibility index (Phi) is 2.11. The molecule has 58 valence electrons. The molecule has 0 amide bonds. The van der Waals surface area contributed by atoms with Crippen LogP contribution in [0.4, 0.5) is 0 Å². The van der Waals surface area contributed by atoms with Crippen molar-refractivity contribution in [2.24, 2.45) is 0 Å². The zero-order valence-electron chi connectivity index (χ0n) is 6.00. The Morgan fingerprint density at radius 2 is 2.55 bits per heavy atom. The van der Waals surface area contributed by atoms with Crippen molar-refractivity contribution < 1.29 is 9.90 Å². The van der Waals surface area contributed by atoms with E-state index < -0.39 is 5.97 Å². The highest BCUT2D eigenvalue weighted by molar-refractivity contribution is 5.85. The molecule has 0 fully saturated rings. The zero-order chi connectivity index (χ0) is 8.27. The van der Waals surface area contributed by atoms with Gasteiger partial charge in [0.25, 0.3) is 0 Å². The number of nitrogens with one attached hydrogen (secondary N) is 1. The molecule has 0 aromatic carbocycles. The van der Waals surface area contributed by atoms with Gasteiger partial charge in [-0.15, -0.1) is 6.58 Å². The lowest BCUT2D eigenvalue weighted by molar-refractivity contribution is 0.0691. The predicted molar refractivity (Wildman–Crippen MR) is 41.7 cm³/mol. The fourth-order valence-electron chi connectivity index (χ4n) is 0.847. The van der Waals surface area contributed by atoms with Gasteiger partial charge < -0.3 is 10.1 Å². The van der Waals surface area contributed by atoms with Crippen LogP contribution in [-0.2, 0) is 6.42 Å². The Balaban J connectivity index is 2.81. The molecule has 0 atom stereocenters. The minimum Gasteiger partial charge on any atom is -0.477 e. The summed E-state index contributed by atoms with van der Waals surface area (Å²) in [7, 11) is 0. The second-order valence-electron chi connectivity index (χ2n) is 2.22. The first-order valence-electron chi connectivity index (χ1n) is 3.25. The first-order chi connectivity index (χ1) is 5.24.